The number of esters is 1. The van der Waals surface area contributed by atoms with E-state index >= 15 is 0 Å². The standard InChI is InChI=1S/C18H30N6O2/c1-3-26-17(25)14-8-7-10-23(13-14)18(19-2)20-12-16-22-21-15-9-5-4-6-11-24(15)16/h14H,3-13H2,1-2H3,(H,19,20). The van der Waals surface area contributed by atoms with Crippen LogP contribution in [0.3, 0.4) is 0 Å². The van der Waals surface area contributed by atoms with Gasteiger partial charge in [-0.15, -0.1) is 10.2 Å². The monoisotopic (exact) mass is 362 g/mol. The molecule has 0 bridgehead atoms. The van der Waals surface area contributed by atoms with Crippen molar-refractivity contribution in [3.8, 4) is 0 Å². The smallest absolute Gasteiger partial charge is 0.310 e. The van der Waals surface area contributed by atoms with Crippen molar-refractivity contribution in [3.63, 3.8) is 0 Å². The number of rotatable bonds is 4. The predicted molar refractivity (Wildman–Crippen MR) is 98.7 cm³/mol. The van der Waals surface area contributed by atoms with Gasteiger partial charge in [0.05, 0.1) is 19.1 Å². The molecule has 0 saturated carbocycles. The van der Waals surface area contributed by atoms with E-state index in [4.69, 9.17) is 4.74 Å². The van der Waals surface area contributed by atoms with Gasteiger partial charge in [-0.3, -0.25) is 9.79 Å². The van der Waals surface area contributed by atoms with Crippen molar-refractivity contribution in [2.45, 2.75) is 58.5 Å². The Morgan fingerprint density at radius 2 is 2.15 bits per heavy atom. The van der Waals surface area contributed by atoms with E-state index < -0.39 is 0 Å². The quantitative estimate of drug-likeness (QED) is 0.494. The van der Waals surface area contributed by atoms with E-state index in [-0.39, 0.29) is 11.9 Å². The molecule has 1 aromatic heterocycles. The lowest BCUT2D eigenvalue weighted by Crippen LogP contribution is -2.48. The maximum atomic E-state index is 12.1. The number of carbonyl (C=O) groups excluding carboxylic acids is 1. The number of fused-ring (bicyclic) bond motifs is 1. The first kappa shape index (κ1) is 18.7. The van der Waals surface area contributed by atoms with Crippen LogP contribution in [0.2, 0.25) is 0 Å². The number of carbonyl (C=O) groups is 1. The number of nitrogens with zero attached hydrogens (tertiary/aromatic N) is 5. The molecule has 0 amide bonds. The zero-order valence-electron chi connectivity index (χ0n) is 15.9. The lowest BCUT2D eigenvalue weighted by atomic mass is 9.98. The summed E-state index contributed by atoms with van der Waals surface area (Å²) in [6.45, 7) is 5.41. The number of aryl methyl sites for hydroxylation is 1. The molecule has 0 aliphatic carbocycles. The SMILES string of the molecule is CCOC(=O)C1CCCN(C(=NC)NCc2nnc3n2CCCCC3)C1. The number of likely N-dealkylation sites (tertiary alicyclic amines) is 1. The fraction of sp³-hybridized carbons (Fsp3) is 0.778. The summed E-state index contributed by atoms with van der Waals surface area (Å²) in [5.74, 6) is 2.68. The summed E-state index contributed by atoms with van der Waals surface area (Å²) in [7, 11) is 1.78. The van der Waals surface area contributed by atoms with E-state index in [9.17, 15) is 4.79 Å². The fourth-order valence-electron chi connectivity index (χ4n) is 3.79. The molecular weight excluding hydrogens is 332 g/mol. The minimum Gasteiger partial charge on any atom is -0.466 e. The average molecular weight is 362 g/mol. The van der Waals surface area contributed by atoms with Crippen molar-refractivity contribution in [1.82, 2.24) is 25.0 Å². The zero-order chi connectivity index (χ0) is 18.4. The molecular formula is C18H30N6O2. The van der Waals surface area contributed by atoms with Crippen LogP contribution in [0.25, 0.3) is 0 Å². The van der Waals surface area contributed by atoms with Crippen LogP contribution in [-0.4, -0.2) is 58.3 Å². The molecule has 144 valence electrons. The van der Waals surface area contributed by atoms with Crippen molar-refractivity contribution in [3.05, 3.63) is 11.6 Å². The molecule has 1 saturated heterocycles. The van der Waals surface area contributed by atoms with E-state index in [1.165, 1.54) is 19.3 Å². The molecule has 8 heteroatoms. The maximum absolute atomic E-state index is 12.1. The summed E-state index contributed by atoms with van der Waals surface area (Å²) in [6.07, 6.45) is 6.47. The van der Waals surface area contributed by atoms with Gasteiger partial charge in [0.25, 0.3) is 0 Å². The Bertz CT molecular complexity index is 642. The second kappa shape index (κ2) is 9.00. The Morgan fingerprint density at radius 1 is 1.27 bits per heavy atom. The van der Waals surface area contributed by atoms with Gasteiger partial charge in [0.1, 0.15) is 5.82 Å². The molecule has 0 radical (unpaired) electrons. The van der Waals surface area contributed by atoms with Crippen molar-refractivity contribution in [2.24, 2.45) is 10.9 Å². The highest BCUT2D eigenvalue weighted by Gasteiger charge is 2.28. The molecule has 3 heterocycles. The average Bonchev–Trinajstić information content (AvgIpc) is 2.89. The Kier molecular flexibility index (Phi) is 6.46. The molecule has 1 atom stereocenters. The fourth-order valence-corrected chi connectivity index (χ4v) is 3.79. The normalized spacial score (nSPS) is 21.1. The summed E-state index contributed by atoms with van der Waals surface area (Å²) in [5, 5.41) is 12.1. The minimum atomic E-state index is -0.101. The highest BCUT2D eigenvalue weighted by Crippen LogP contribution is 2.18. The zero-order valence-corrected chi connectivity index (χ0v) is 15.9. The molecule has 0 spiro atoms. The van der Waals surface area contributed by atoms with Crippen molar-refractivity contribution >= 4 is 11.9 Å². The van der Waals surface area contributed by atoms with Gasteiger partial charge in [-0.2, -0.15) is 0 Å². The highest BCUT2D eigenvalue weighted by molar-refractivity contribution is 5.81. The van der Waals surface area contributed by atoms with Gasteiger partial charge in [-0.25, -0.2) is 0 Å². The van der Waals surface area contributed by atoms with Crippen LogP contribution < -0.4 is 5.32 Å². The number of nitrogens with one attached hydrogen (secondary N) is 1. The highest BCUT2D eigenvalue weighted by atomic mass is 16.5. The van der Waals surface area contributed by atoms with Crippen molar-refractivity contribution in [2.75, 3.05) is 26.7 Å². The van der Waals surface area contributed by atoms with Crippen LogP contribution in [0.5, 0.6) is 0 Å². The number of piperidine rings is 1. The Balaban J connectivity index is 1.60. The van der Waals surface area contributed by atoms with E-state index in [0.717, 1.165) is 50.0 Å². The first-order valence-corrected chi connectivity index (χ1v) is 9.76. The molecule has 1 unspecified atom stereocenters. The van der Waals surface area contributed by atoms with Gasteiger partial charge < -0.3 is 19.5 Å². The second-order valence-electron chi connectivity index (χ2n) is 6.93. The van der Waals surface area contributed by atoms with Crippen molar-refractivity contribution < 1.29 is 9.53 Å². The Hall–Kier alpha value is -2.12. The first-order valence-electron chi connectivity index (χ1n) is 9.76. The predicted octanol–water partition coefficient (Wildman–Crippen LogP) is 1.35. The summed E-state index contributed by atoms with van der Waals surface area (Å²) >= 11 is 0. The van der Waals surface area contributed by atoms with Gasteiger partial charge in [-0.05, 0) is 32.6 Å². The summed E-state index contributed by atoms with van der Waals surface area (Å²) < 4.78 is 7.43. The van der Waals surface area contributed by atoms with E-state index in [1.54, 1.807) is 7.05 Å². The lowest BCUT2D eigenvalue weighted by molar-refractivity contribution is -0.149. The number of aromatic nitrogens is 3. The first-order chi connectivity index (χ1) is 12.7. The van der Waals surface area contributed by atoms with Gasteiger partial charge in [0.2, 0.25) is 0 Å². The maximum Gasteiger partial charge on any atom is 0.310 e. The largest absolute Gasteiger partial charge is 0.466 e. The third kappa shape index (κ3) is 4.34. The van der Waals surface area contributed by atoms with E-state index in [0.29, 0.717) is 19.7 Å². The molecule has 1 aromatic rings. The Morgan fingerprint density at radius 3 is 2.96 bits per heavy atom. The molecule has 1 fully saturated rings. The molecule has 1 N–H and O–H groups in total. The lowest BCUT2D eigenvalue weighted by Gasteiger charge is -2.33. The summed E-state index contributed by atoms with van der Waals surface area (Å²) in [4.78, 5) is 18.6. The number of guanidine groups is 1. The number of hydrogen-bond acceptors (Lipinski definition) is 5. The molecule has 2 aliphatic heterocycles. The molecule has 8 nitrogen and oxygen atoms in total. The van der Waals surface area contributed by atoms with Gasteiger partial charge in [0.15, 0.2) is 11.8 Å². The minimum absolute atomic E-state index is 0.0772. The van der Waals surface area contributed by atoms with Crippen LogP contribution in [-0.2, 0) is 29.0 Å². The van der Waals surface area contributed by atoms with Crippen molar-refractivity contribution in [1.29, 1.82) is 0 Å². The van der Waals surface area contributed by atoms with Crippen LogP contribution in [0.1, 0.15) is 50.7 Å². The van der Waals surface area contributed by atoms with Crippen LogP contribution in [0.4, 0.5) is 0 Å². The van der Waals surface area contributed by atoms with Gasteiger partial charge in [-0.1, -0.05) is 6.42 Å². The molecule has 0 aromatic carbocycles. The van der Waals surface area contributed by atoms with Gasteiger partial charge in [0, 0.05) is 33.1 Å². The summed E-state index contributed by atoms with van der Waals surface area (Å²) in [5.41, 5.74) is 0. The number of hydrogen-bond donors (Lipinski definition) is 1. The number of ether oxygens (including phenoxy) is 1. The Labute approximate surface area is 155 Å². The number of aliphatic imine (C=N–C) groups is 1. The second-order valence-corrected chi connectivity index (χ2v) is 6.93. The molecule has 3 rings (SSSR count). The van der Waals surface area contributed by atoms with Crippen LogP contribution in [0.15, 0.2) is 4.99 Å². The van der Waals surface area contributed by atoms with E-state index in [1.807, 2.05) is 6.92 Å². The molecule has 26 heavy (non-hydrogen) atoms. The van der Waals surface area contributed by atoms with Crippen LogP contribution >= 0.6 is 0 Å². The van der Waals surface area contributed by atoms with Crippen LogP contribution in [0, 0.1) is 5.92 Å². The van der Waals surface area contributed by atoms with Gasteiger partial charge >= 0.3 is 5.97 Å². The molecule has 2 aliphatic rings. The third-order valence-electron chi connectivity index (χ3n) is 5.14. The summed E-state index contributed by atoms with van der Waals surface area (Å²) in [6, 6.07) is 0. The topological polar surface area (TPSA) is 84.6 Å². The third-order valence-corrected chi connectivity index (χ3v) is 5.14. The van der Waals surface area contributed by atoms with E-state index in [2.05, 4.69) is 30.0 Å².